The second-order valence-electron chi connectivity index (χ2n) is 2.80. The summed E-state index contributed by atoms with van der Waals surface area (Å²) in [4.78, 5) is 0. The number of hydrogen-bond donors (Lipinski definition) is 2. The van der Waals surface area contributed by atoms with Crippen molar-refractivity contribution in [3.63, 3.8) is 0 Å². The van der Waals surface area contributed by atoms with Crippen LogP contribution in [0, 0.1) is 0 Å². The lowest BCUT2D eigenvalue weighted by molar-refractivity contribution is 0.475. The van der Waals surface area contributed by atoms with Gasteiger partial charge < -0.3 is 10.4 Å². The Hall–Kier alpha value is -1.44. The molecular weight excluding hydrogens is 150 g/mol. The zero-order valence-corrected chi connectivity index (χ0v) is 7.17. The summed E-state index contributed by atoms with van der Waals surface area (Å²) in [6.07, 6.45) is 0. The third-order valence-corrected chi connectivity index (χ3v) is 1.53. The number of rotatable bonds is 3. The normalized spacial score (nSPS) is 9.42. The van der Waals surface area contributed by atoms with Crippen molar-refractivity contribution in [1.29, 1.82) is 0 Å². The van der Waals surface area contributed by atoms with E-state index in [1.807, 2.05) is 19.1 Å². The van der Waals surface area contributed by atoms with E-state index < -0.39 is 0 Å². The van der Waals surface area contributed by atoms with E-state index in [-0.39, 0.29) is 0 Å². The van der Waals surface area contributed by atoms with E-state index in [9.17, 15) is 0 Å². The number of phenolic OH excluding ortho intramolecular Hbond substituents is 1. The number of hydrogen-bond acceptors (Lipinski definition) is 2. The largest absolute Gasteiger partial charge is 0.508 e. The van der Waals surface area contributed by atoms with Crippen molar-refractivity contribution < 1.29 is 5.11 Å². The summed E-state index contributed by atoms with van der Waals surface area (Å²) in [5.41, 5.74) is 2.08. The van der Waals surface area contributed by atoms with Gasteiger partial charge in [0.15, 0.2) is 0 Å². The van der Waals surface area contributed by atoms with Crippen molar-refractivity contribution in [3.8, 4) is 5.75 Å². The van der Waals surface area contributed by atoms with Gasteiger partial charge in [0.25, 0.3) is 0 Å². The van der Waals surface area contributed by atoms with E-state index in [1.165, 1.54) is 0 Å². The SMILES string of the molecule is C=C(C)NCc1ccc(O)cc1. The van der Waals surface area contributed by atoms with Gasteiger partial charge in [0.1, 0.15) is 5.75 Å². The smallest absolute Gasteiger partial charge is 0.115 e. The first-order valence-corrected chi connectivity index (χ1v) is 3.86. The fraction of sp³-hybridized carbons (Fsp3) is 0.200. The molecule has 2 N–H and O–H groups in total. The number of nitrogens with one attached hydrogen (secondary N) is 1. The van der Waals surface area contributed by atoms with Crippen LogP contribution in [0.2, 0.25) is 0 Å². The summed E-state index contributed by atoms with van der Waals surface area (Å²) < 4.78 is 0. The zero-order valence-electron chi connectivity index (χ0n) is 7.17. The first-order valence-electron chi connectivity index (χ1n) is 3.86. The van der Waals surface area contributed by atoms with Crippen molar-refractivity contribution >= 4 is 0 Å². The maximum absolute atomic E-state index is 9.00. The molecule has 0 fully saturated rings. The minimum atomic E-state index is 0.300. The van der Waals surface area contributed by atoms with E-state index >= 15 is 0 Å². The van der Waals surface area contributed by atoms with Crippen molar-refractivity contribution in [2.75, 3.05) is 0 Å². The lowest BCUT2D eigenvalue weighted by Crippen LogP contribution is -2.08. The van der Waals surface area contributed by atoms with E-state index in [2.05, 4.69) is 11.9 Å². The molecule has 0 unspecified atom stereocenters. The van der Waals surface area contributed by atoms with Gasteiger partial charge in [0.2, 0.25) is 0 Å². The second-order valence-corrected chi connectivity index (χ2v) is 2.80. The molecule has 2 nitrogen and oxygen atoms in total. The molecule has 1 rings (SSSR count). The molecule has 0 aliphatic rings. The predicted octanol–water partition coefficient (Wildman–Crippen LogP) is 2.02. The molecule has 1 aromatic rings. The highest BCUT2D eigenvalue weighted by molar-refractivity contribution is 5.25. The van der Waals surface area contributed by atoms with Gasteiger partial charge in [-0.25, -0.2) is 0 Å². The average molecular weight is 163 g/mol. The second kappa shape index (κ2) is 3.81. The lowest BCUT2D eigenvalue weighted by atomic mass is 10.2. The van der Waals surface area contributed by atoms with E-state index in [0.717, 1.165) is 17.8 Å². The Morgan fingerprint density at radius 2 is 2.00 bits per heavy atom. The first-order chi connectivity index (χ1) is 5.68. The fourth-order valence-corrected chi connectivity index (χ4v) is 0.867. The van der Waals surface area contributed by atoms with Gasteiger partial charge in [-0.15, -0.1) is 0 Å². The van der Waals surface area contributed by atoms with Crippen LogP contribution < -0.4 is 5.32 Å². The van der Waals surface area contributed by atoms with Gasteiger partial charge >= 0.3 is 0 Å². The predicted molar refractivity (Wildman–Crippen MR) is 49.8 cm³/mol. The van der Waals surface area contributed by atoms with Crippen LogP contribution in [0.5, 0.6) is 5.75 Å². The van der Waals surface area contributed by atoms with E-state index in [4.69, 9.17) is 5.11 Å². The minimum Gasteiger partial charge on any atom is -0.508 e. The van der Waals surface area contributed by atoms with Gasteiger partial charge in [0, 0.05) is 12.2 Å². The van der Waals surface area contributed by atoms with E-state index in [0.29, 0.717) is 5.75 Å². The quantitative estimate of drug-likeness (QED) is 0.714. The van der Waals surface area contributed by atoms with Gasteiger partial charge in [-0.05, 0) is 24.6 Å². The molecule has 64 valence electrons. The molecule has 0 heterocycles. The van der Waals surface area contributed by atoms with Crippen LogP contribution in [0.15, 0.2) is 36.5 Å². The highest BCUT2D eigenvalue weighted by Gasteiger charge is 1.91. The van der Waals surface area contributed by atoms with Crippen LogP contribution in [0.25, 0.3) is 0 Å². The summed E-state index contributed by atoms with van der Waals surface area (Å²) in [6.45, 7) is 6.40. The Morgan fingerprint density at radius 1 is 1.42 bits per heavy atom. The molecule has 0 spiro atoms. The molecule has 1 aromatic carbocycles. The third kappa shape index (κ3) is 2.66. The molecule has 0 bridgehead atoms. The molecule has 0 aliphatic carbocycles. The van der Waals surface area contributed by atoms with Crippen LogP contribution in [0.1, 0.15) is 12.5 Å². The Morgan fingerprint density at radius 3 is 2.50 bits per heavy atom. The van der Waals surface area contributed by atoms with Crippen LogP contribution in [-0.2, 0) is 6.54 Å². The average Bonchev–Trinajstić information content (AvgIpc) is 2.03. The molecule has 0 aromatic heterocycles. The van der Waals surface area contributed by atoms with E-state index in [1.54, 1.807) is 12.1 Å². The number of benzene rings is 1. The summed E-state index contributed by atoms with van der Waals surface area (Å²) >= 11 is 0. The monoisotopic (exact) mass is 163 g/mol. The minimum absolute atomic E-state index is 0.300. The topological polar surface area (TPSA) is 32.3 Å². The zero-order chi connectivity index (χ0) is 8.97. The summed E-state index contributed by atoms with van der Waals surface area (Å²) in [5.74, 6) is 0.300. The fourth-order valence-electron chi connectivity index (χ4n) is 0.867. The summed E-state index contributed by atoms with van der Waals surface area (Å²) in [6, 6.07) is 7.11. The Balaban J connectivity index is 2.53. The maximum atomic E-state index is 9.00. The Kier molecular flexibility index (Phi) is 2.75. The van der Waals surface area contributed by atoms with Crippen LogP contribution in [0.3, 0.4) is 0 Å². The molecular formula is C10H13NO. The highest BCUT2D eigenvalue weighted by atomic mass is 16.3. The molecule has 2 heteroatoms. The Labute approximate surface area is 72.5 Å². The van der Waals surface area contributed by atoms with Gasteiger partial charge in [-0.2, -0.15) is 0 Å². The van der Waals surface area contributed by atoms with Crippen LogP contribution >= 0.6 is 0 Å². The van der Waals surface area contributed by atoms with Crippen LogP contribution in [-0.4, -0.2) is 5.11 Å². The van der Waals surface area contributed by atoms with Crippen LogP contribution in [0.4, 0.5) is 0 Å². The number of phenols is 1. The maximum Gasteiger partial charge on any atom is 0.115 e. The molecule has 12 heavy (non-hydrogen) atoms. The lowest BCUT2D eigenvalue weighted by Gasteiger charge is -2.04. The third-order valence-electron chi connectivity index (χ3n) is 1.53. The molecule has 0 saturated heterocycles. The number of aromatic hydroxyl groups is 1. The molecule has 0 aliphatic heterocycles. The van der Waals surface area contributed by atoms with Crippen molar-refractivity contribution in [2.45, 2.75) is 13.5 Å². The molecule has 0 saturated carbocycles. The molecule has 0 atom stereocenters. The van der Waals surface area contributed by atoms with Gasteiger partial charge in [-0.3, -0.25) is 0 Å². The first kappa shape index (κ1) is 8.65. The Bertz CT molecular complexity index is 264. The van der Waals surface area contributed by atoms with Gasteiger partial charge in [0.05, 0.1) is 0 Å². The highest BCUT2D eigenvalue weighted by Crippen LogP contribution is 2.09. The molecule has 0 radical (unpaired) electrons. The van der Waals surface area contributed by atoms with Crippen molar-refractivity contribution in [3.05, 3.63) is 42.1 Å². The van der Waals surface area contributed by atoms with Gasteiger partial charge in [-0.1, -0.05) is 18.7 Å². The standard InChI is InChI=1S/C10H13NO/c1-8(2)11-7-9-3-5-10(12)6-4-9/h3-6,11-12H,1,7H2,2H3. The number of allylic oxidation sites excluding steroid dienone is 1. The van der Waals surface area contributed by atoms with Crippen molar-refractivity contribution in [2.24, 2.45) is 0 Å². The summed E-state index contributed by atoms with van der Waals surface area (Å²) in [5, 5.41) is 12.1. The van der Waals surface area contributed by atoms with Crippen molar-refractivity contribution in [1.82, 2.24) is 5.32 Å². The molecule has 0 amide bonds. The summed E-state index contributed by atoms with van der Waals surface area (Å²) in [7, 11) is 0.